The van der Waals surface area contributed by atoms with Crippen LogP contribution in [0.4, 0.5) is 4.39 Å². The van der Waals surface area contributed by atoms with Crippen LogP contribution >= 0.6 is 0 Å². The number of hydrogen-bond donors (Lipinski definition) is 3. The molecule has 0 aliphatic heterocycles. The SMILES string of the molecule is O=C(Cc1cccnc1)N[C@@H]1CC[C@@H](Oc2cccc(F)c2)[C@@H](O)[C@@H]1O. The van der Waals surface area contributed by atoms with Gasteiger partial charge >= 0.3 is 0 Å². The van der Waals surface area contributed by atoms with Gasteiger partial charge in [0.15, 0.2) is 0 Å². The highest BCUT2D eigenvalue weighted by Crippen LogP contribution is 2.25. The first kappa shape index (κ1) is 18.3. The summed E-state index contributed by atoms with van der Waals surface area (Å²) in [5, 5.41) is 23.4. The zero-order valence-corrected chi connectivity index (χ0v) is 14.1. The number of nitrogens with zero attached hydrogens (tertiary/aromatic N) is 1. The van der Waals surface area contributed by atoms with Gasteiger partial charge in [0.05, 0.1) is 12.5 Å². The van der Waals surface area contributed by atoms with Crippen LogP contribution in [0.25, 0.3) is 0 Å². The van der Waals surface area contributed by atoms with Gasteiger partial charge in [-0.1, -0.05) is 12.1 Å². The Morgan fingerprint density at radius 1 is 1.23 bits per heavy atom. The van der Waals surface area contributed by atoms with E-state index in [1.807, 2.05) is 0 Å². The average molecular weight is 360 g/mol. The molecule has 0 spiro atoms. The van der Waals surface area contributed by atoms with Crippen molar-refractivity contribution in [3.8, 4) is 5.75 Å². The number of rotatable bonds is 5. The van der Waals surface area contributed by atoms with E-state index in [0.717, 1.165) is 5.56 Å². The Kier molecular flexibility index (Phi) is 5.80. The summed E-state index contributed by atoms with van der Waals surface area (Å²) in [6, 6.07) is 8.59. The molecule has 4 atom stereocenters. The molecule has 0 bridgehead atoms. The minimum atomic E-state index is -1.18. The number of carbonyl (C=O) groups excluding carboxylic acids is 1. The topological polar surface area (TPSA) is 91.7 Å². The first-order valence-corrected chi connectivity index (χ1v) is 8.49. The van der Waals surface area contributed by atoms with E-state index in [-0.39, 0.29) is 12.3 Å². The summed E-state index contributed by atoms with van der Waals surface area (Å²) in [7, 11) is 0. The number of carbonyl (C=O) groups is 1. The number of halogens is 1. The van der Waals surface area contributed by atoms with Crippen molar-refractivity contribution in [3.63, 3.8) is 0 Å². The minimum absolute atomic E-state index is 0.149. The maximum absolute atomic E-state index is 13.2. The predicted octanol–water partition coefficient (Wildman–Crippen LogP) is 1.21. The molecule has 1 saturated carbocycles. The van der Waals surface area contributed by atoms with E-state index in [0.29, 0.717) is 18.6 Å². The zero-order chi connectivity index (χ0) is 18.5. The number of aliphatic hydroxyl groups is 2. The van der Waals surface area contributed by atoms with Gasteiger partial charge in [0, 0.05) is 18.5 Å². The first-order chi connectivity index (χ1) is 12.5. The van der Waals surface area contributed by atoms with Crippen molar-refractivity contribution in [2.24, 2.45) is 0 Å². The van der Waals surface area contributed by atoms with E-state index in [1.165, 1.54) is 18.2 Å². The predicted molar refractivity (Wildman–Crippen MR) is 91.9 cm³/mol. The fraction of sp³-hybridized carbons (Fsp3) is 0.368. The van der Waals surface area contributed by atoms with Gasteiger partial charge in [0.2, 0.25) is 5.91 Å². The molecular weight excluding hydrogens is 339 g/mol. The average Bonchev–Trinajstić information content (AvgIpc) is 2.62. The number of aliphatic hydroxyl groups excluding tert-OH is 2. The molecule has 1 fully saturated rings. The molecule has 3 N–H and O–H groups in total. The molecule has 2 aromatic rings. The van der Waals surface area contributed by atoms with Gasteiger partial charge in [-0.25, -0.2) is 4.39 Å². The molecule has 1 aliphatic rings. The Bertz CT molecular complexity index is 743. The highest BCUT2D eigenvalue weighted by atomic mass is 19.1. The Balaban J connectivity index is 1.55. The van der Waals surface area contributed by atoms with Crippen LogP contribution in [-0.2, 0) is 11.2 Å². The largest absolute Gasteiger partial charge is 0.488 e. The van der Waals surface area contributed by atoms with Gasteiger partial charge in [-0.2, -0.15) is 0 Å². The Labute approximate surface area is 150 Å². The van der Waals surface area contributed by atoms with Gasteiger partial charge < -0.3 is 20.3 Å². The highest BCUT2D eigenvalue weighted by Gasteiger charge is 2.39. The molecular formula is C19H21FN2O4. The van der Waals surface area contributed by atoms with Gasteiger partial charge in [0.25, 0.3) is 0 Å². The Hall–Kier alpha value is -2.51. The molecule has 1 aliphatic carbocycles. The number of pyridine rings is 1. The standard InChI is InChI=1S/C19H21FN2O4/c20-13-4-1-5-14(10-13)26-16-7-6-15(18(24)19(16)25)22-17(23)9-12-3-2-8-21-11-12/h1-5,8,10-11,15-16,18-19,24-25H,6-7,9H2,(H,22,23)/t15-,16-,18-,19-/m1/s1. The van der Waals surface area contributed by atoms with E-state index in [4.69, 9.17) is 4.74 Å². The highest BCUT2D eigenvalue weighted by molar-refractivity contribution is 5.78. The fourth-order valence-electron chi connectivity index (χ4n) is 3.09. The molecule has 138 valence electrons. The molecule has 1 aromatic heterocycles. The van der Waals surface area contributed by atoms with E-state index in [2.05, 4.69) is 10.3 Å². The number of aromatic nitrogens is 1. The summed E-state index contributed by atoms with van der Waals surface area (Å²) >= 11 is 0. The number of amides is 1. The van der Waals surface area contributed by atoms with Crippen LogP contribution in [0.3, 0.4) is 0 Å². The van der Waals surface area contributed by atoms with Gasteiger partial charge in [0.1, 0.15) is 29.9 Å². The third kappa shape index (κ3) is 4.56. The number of nitrogens with one attached hydrogen (secondary N) is 1. The molecule has 3 rings (SSSR count). The van der Waals surface area contributed by atoms with Crippen LogP contribution in [0.15, 0.2) is 48.8 Å². The lowest BCUT2D eigenvalue weighted by atomic mass is 9.87. The number of benzene rings is 1. The minimum Gasteiger partial charge on any atom is -0.488 e. The molecule has 0 unspecified atom stereocenters. The lowest BCUT2D eigenvalue weighted by Crippen LogP contribution is -2.57. The van der Waals surface area contributed by atoms with Crippen molar-refractivity contribution < 1.29 is 24.1 Å². The smallest absolute Gasteiger partial charge is 0.224 e. The summed E-state index contributed by atoms with van der Waals surface area (Å²) in [5.41, 5.74) is 0.767. The van der Waals surface area contributed by atoms with Crippen molar-refractivity contribution >= 4 is 5.91 Å². The number of ether oxygens (including phenoxy) is 1. The summed E-state index contributed by atoms with van der Waals surface area (Å²) in [4.78, 5) is 16.1. The van der Waals surface area contributed by atoms with Crippen molar-refractivity contribution in [2.75, 3.05) is 0 Å². The van der Waals surface area contributed by atoms with Crippen molar-refractivity contribution in [2.45, 2.75) is 43.6 Å². The van der Waals surface area contributed by atoms with Gasteiger partial charge in [-0.05, 0) is 36.6 Å². The third-order valence-corrected chi connectivity index (χ3v) is 4.42. The molecule has 1 aromatic carbocycles. The van der Waals surface area contributed by atoms with E-state index in [9.17, 15) is 19.4 Å². The summed E-state index contributed by atoms with van der Waals surface area (Å²) in [6.45, 7) is 0. The summed E-state index contributed by atoms with van der Waals surface area (Å²) in [6.07, 6.45) is 1.23. The molecule has 6 nitrogen and oxygen atoms in total. The quantitative estimate of drug-likeness (QED) is 0.746. The second-order valence-corrected chi connectivity index (χ2v) is 6.38. The maximum Gasteiger partial charge on any atom is 0.224 e. The van der Waals surface area contributed by atoms with Crippen LogP contribution in [-0.4, -0.2) is 45.5 Å². The van der Waals surface area contributed by atoms with Crippen molar-refractivity contribution in [1.29, 1.82) is 0 Å². The van der Waals surface area contributed by atoms with E-state index < -0.39 is 30.2 Å². The fourth-order valence-corrected chi connectivity index (χ4v) is 3.09. The van der Waals surface area contributed by atoms with Crippen LogP contribution in [0.1, 0.15) is 18.4 Å². The summed E-state index contributed by atoms with van der Waals surface area (Å²) in [5.74, 6) is -0.395. The van der Waals surface area contributed by atoms with E-state index in [1.54, 1.807) is 30.6 Å². The molecule has 0 radical (unpaired) electrons. The molecule has 7 heteroatoms. The van der Waals surface area contributed by atoms with Crippen LogP contribution < -0.4 is 10.1 Å². The van der Waals surface area contributed by atoms with Crippen LogP contribution in [0, 0.1) is 5.82 Å². The zero-order valence-electron chi connectivity index (χ0n) is 14.1. The molecule has 0 saturated heterocycles. The second-order valence-electron chi connectivity index (χ2n) is 6.38. The summed E-state index contributed by atoms with van der Waals surface area (Å²) < 4.78 is 18.8. The maximum atomic E-state index is 13.2. The third-order valence-electron chi connectivity index (χ3n) is 4.42. The van der Waals surface area contributed by atoms with Crippen molar-refractivity contribution in [1.82, 2.24) is 10.3 Å². The lowest BCUT2D eigenvalue weighted by molar-refractivity contribution is -0.126. The second kappa shape index (κ2) is 8.25. The Morgan fingerprint density at radius 2 is 2.08 bits per heavy atom. The lowest BCUT2D eigenvalue weighted by Gasteiger charge is -2.37. The van der Waals surface area contributed by atoms with E-state index >= 15 is 0 Å². The number of hydrogen-bond acceptors (Lipinski definition) is 5. The Morgan fingerprint density at radius 3 is 2.81 bits per heavy atom. The monoisotopic (exact) mass is 360 g/mol. The van der Waals surface area contributed by atoms with Crippen LogP contribution in [0.2, 0.25) is 0 Å². The molecule has 1 heterocycles. The van der Waals surface area contributed by atoms with Crippen LogP contribution in [0.5, 0.6) is 5.75 Å². The molecule has 1 amide bonds. The van der Waals surface area contributed by atoms with Crippen molar-refractivity contribution in [3.05, 3.63) is 60.2 Å². The normalized spacial score (nSPS) is 25.5. The first-order valence-electron chi connectivity index (χ1n) is 8.49. The molecule has 26 heavy (non-hydrogen) atoms. The van der Waals surface area contributed by atoms with Gasteiger partial charge in [-0.3, -0.25) is 9.78 Å². The van der Waals surface area contributed by atoms with Gasteiger partial charge in [-0.15, -0.1) is 0 Å².